The van der Waals surface area contributed by atoms with Crippen LogP contribution in [0.1, 0.15) is 58.4 Å². The molecular weight excluding hydrogens is 300 g/mol. The SMILES string of the molecule is CC(C)(C)OC(=O)Nc1ccc(C2(N)CCCCC2)cc1Cl. The average Bonchev–Trinajstić information content (AvgIpc) is 2.39. The van der Waals surface area contributed by atoms with Crippen molar-refractivity contribution in [2.45, 2.75) is 64.0 Å². The molecular formula is C17H25ClN2O2. The molecule has 4 nitrogen and oxygen atoms in total. The molecule has 0 heterocycles. The Bertz CT molecular complexity index is 546. The zero-order valence-electron chi connectivity index (χ0n) is 13.5. The van der Waals surface area contributed by atoms with Crippen LogP contribution in [0.3, 0.4) is 0 Å². The normalized spacial score (nSPS) is 17.9. The Labute approximate surface area is 137 Å². The summed E-state index contributed by atoms with van der Waals surface area (Å²) in [7, 11) is 0. The third-order valence-electron chi connectivity index (χ3n) is 3.93. The molecule has 1 aliphatic carbocycles. The van der Waals surface area contributed by atoms with E-state index < -0.39 is 11.7 Å². The van der Waals surface area contributed by atoms with Crippen LogP contribution in [-0.2, 0) is 10.3 Å². The predicted molar refractivity (Wildman–Crippen MR) is 90.3 cm³/mol. The predicted octanol–water partition coefficient (Wildman–Crippen LogP) is 4.81. The number of hydrogen-bond acceptors (Lipinski definition) is 3. The van der Waals surface area contributed by atoms with Crippen LogP contribution in [0, 0.1) is 0 Å². The van der Waals surface area contributed by atoms with Crippen LogP contribution >= 0.6 is 11.6 Å². The Balaban J connectivity index is 2.11. The minimum Gasteiger partial charge on any atom is -0.444 e. The van der Waals surface area contributed by atoms with E-state index in [1.807, 2.05) is 32.9 Å². The van der Waals surface area contributed by atoms with Gasteiger partial charge < -0.3 is 10.5 Å². The van der Waals surface area contributed by atoms with E-state index in [1.165, 1.54) is 6.42 Å². The number of nitrogens with two attached hydrogens (primary N) is 1. The van der Waals surface area contributed by atoms with E-state index in [2.05, 4.69) is 5.32 Å². The number of benzene rings is 1. The van der Waals surface area contributed by atoms with Gasteiger partial charge in [0, 0.05) is 5.54 Å². The molecule has 3 N–H and O–H groups in total. The molecule has 1 aromatic rings. The highest BCUT2D eigenvalue weighted by Gasteiger charge is 2.29. The molecule has 1 amide bonds. The maximum Gasteiger partial charge on any atom is 0.412 e. The van der Waals surface area contributed by atoms with Gasteiger partial charge in [0.25, 0.3) is 0 Å². The van der Waals surface area contributed by atoms with E-state index in [9.17, 15) is 4.79 Å². The number of hydrogen-bond donors (Lipinski definition) is 2. The fourth-order valence-electron chi connectivity index (χ4n) is 2.81. The monoisotopic (exact) mass is 324 g/mol. The molecule has 1 aromatic carbocycles. The van der Waals surface area contributed by atoms with Crippen LogP contribution < -0.4 is 11.1 Å². The van der Waals surface area contributed by atoms with Crippen molar-refractivity contribution in [2.24, 2.45) is 5.73 Å². The molecule has 1 fully saturated rings. The lowest BCUT2D eigenvalue weighted by Gasteiger charge is -2.34. The van der Waals surface area contributed by atoms with Crippen LogP contribution in [0.25, 0.3) is 0 Å². The standard InChI is InChI=1S/C17H25ClN2O2/c1-16(2,3)22-15(21)20-14-8-7-12(11-13(14)18)17(19)9-5-4-6-10-17/h7-8,11H,4-6,9-10,19H2,1-3H3,(H,20,21). The zero-order chi connectivity index (χ0) is 16.4. The lowest BCUT2D eigenvalue weighted by Crippen LogP contribution is -2.38. The van der Waals surface area contributed by atoms with Crippen LogP contribution in [0.15, 0.2) is 18.2 Å². The lowest BCUT2D eigenvalue weighted by molar-refractivity contribution is 0.0636. The number of halogens is 1. The van der Waals surface area contributed by atoms with Crippen molar-refractivity contribution in [3.63, 3.8) is 0 Å². The van der Waals surface area contributed by atoms with Crippen LogP contribution in [-0.4, -0.2) is 11.7 Å². The molecule has 0 atom stereocenters. The molecule has 1 aliphatic rings. The van der Waals surface area contributed by atoms with Gasteiger partial charge in [-0.1, -0.05) is 36.9 Å². The fourth-order valence-corrected chi connectivity index (χ4v) is 3.04. The topological polar surface area (TPSA) is 64.3 Å². The molecule has 122 valence electrons. The summed E-state index contributed by atoms with van der Waals surface area (Å²) in [6.45, 7) is 5.45. The van der Waals surface area contributed by atoms with E-state index in [4.69, 9.17) is 22.1 Å². The third kappa shape index (κ3) is 4.37. The van der Waals surface area contributed by atoms with Gasteiger partial charge in [-0.15, -0.1) is 0 Å². The first-order chi connectivity index (χ1) is 10.2. The molecule has 0 aromatic heterocycles. The fraction of sp³-hybridized carbons (Fsp3) is 0.588. The Morgan fingerprint density at radius 1 is 1.27 bits per heavy atom. The van der Waals surface area contributed by atoms with Gasteiger partial charge in [-0.05, 0) is 51.3 Å². The number of rotatable bonds is 2. The van der Waals surface area contributed by atoms with Gasteiger partial charge in [-0.2, -0.15) is 0 Å². The van der Waals surface area contributed by atoms with Crippen molar-refractivity contribution >= 4 is 23.4 Å². The first-order valence-corrected chi connectivity index (χ1v) is 8.16. The summed E-state index contributed by atoms with van der Waals surface area (Å²) in [6.07, 6.45) is 4.97. The van der Waals surface area contributed by atoms with E-state index in [1.54, 1.807) is 6.07 Å². The van der Waals surface area contributed by atoms with Gasteiger partial charge in [-0.3, -0.25) is 5.32 Å². The highest BCUT2D eigenvalue weighted by molar-refractivity contribution is 6.33. The highest BCUT2D eigenvalue weighted by atomic mass is 35.5. The van der Waals surface area contributed by atoms with Crippen molar-refractivity contribution in [1.82, 2.24) is 0 Å². The van der Waals surface area contributed by atoms with Gasteiger partial charge in [-0.25, -0.2) is 4.79 Å². The zero-order valence-corrected chi connectivity index (χ0v) is 14.3. The summed E-state index contributed by atoms with van der Waals surface area (Å²) in [5.41, 5.74) is 7.25. The third-order valence-corrected chi connectivity index (χ3v) is 4.24. The summed E-state index contributed by atoms with van der Waals surface area (Å²) in [6, 6.07) is 5.61. The first-order valence-electron chi connectivity index (χ1n) is 7.79. The number of ether oxygens (including phenoxy) is 1. The van der Waals surface area contributed by atoms with E-state index in [-0.39, 0.29) is 5.54 Å². The number of anilines is 1. The molecule has 2 rings (SSSR count). The summed E-state index contributed by atoms with van der Waals surface area (Å²) < 4.78 is 5.23. The Hall–Kier alpha value is -1.26. The van der Waals surface area contributed by atoms with Crippen molar-refractivity contribution in [3.05, 3.63) is 28.8 Å². The molecule has 0 unspecified atom stereocenters. The van der Waals surface area contributed by atoms with E-state index in [0.29, 0.717) is 10.7 Å². The molecule has 1 saturated carbocycles. The van der Waals surface area contributed by atoms with E-state index >= 15 is 0 Å². The smallest absolute Gasteiger partial charge is 0.412 e. The molecule has 0 saturated heterocycles. The van der Waals surface area contributed by atoms with Gasteiger partial charge in [0.1, 0.15) is 5.60 Å². The molecule has 22 heavy (non-hydrogen) atoms. The number of amides is 1. The van der Waals surface area contributed by atoms with Crippen molar-refractivity contribution < 1.29 is 9.53 Å². The summed E-state index contributed by atoms with van der Waals surface area (Å²) >= 11 is 6.30. The second kappa shape index (κ2) is 6.47. The lowest BCUT2D eigenvalue weighted by atomic mass is 9.77. The molecule has 5 heteroatoms. The largest absolute Gasteiger partial charge is 0.444 e. The van der Waals surface area contributed by atoms with Gasteiger partial charge in [0.2, 0.25) is 0 Å². The minimum absolute atomic E-state index is 0.299. The van der Waals surface area contributed by atoms with Gasteiger partial charge >= 0.3 is 6.09 Å². The Morgan fingerprint density at radius 2 is 1.91 bits per heavy atom. The molecule has 0 bridgehead atoms. The second-order valence-corrected chi connectivity index (χ2v) is 7.45. The summed E-state index contributed by atoms with van der Waals surface area (Å²) in [5.74, 6) is 0. The minimum atomic E-state index is -0.542. The van der Waals surface area contributed by atoms with Crippen LogP contribution in [0.4, 0.5) is 10.5 Å². The Kier molecular flexibility index (Phi) is 5.03. The first kappa shape index (κ1) is 17.1. The molecule has 0 radical (unpaired) electrons. The molecule has 0 aliphatic heterocycles. The maximum absolute atomic E-state index is 11.8. The number of carbonyl (C=O) groups is 1. The van der Waals surface area contributed by atoms with Crippen LogP contribution in [0.5, 0.6) is 0 Å². The van der Waals surface area contributed by atoms with Gasteiger partial charge in [0.05, 0.1) is 10.7 Å². The van der Waals surface area contributed by atoms with Crippen molar-refractivity contribution in [3.8, 4) is 0 Å². The van der Waals surface area contributed by atoms with Crippen molar-refractivity contribution in [1.29, 1.82) is 0 Å². The van der Waals surface area contributed by atoms with E-state index in [0.717, 1.165) is 31.2 Å². The van der Waals surface area contributed by atoms with Crippen LogP contribution in [0.2, 0.25) is 5.02 Å². The number of nitrogens with one attached hydrogen (secondary N) is 1. The van der Waals surface area contributed by atoms with Gasteiger partial charge in [0.15, 0.2) is 0 Å². The Morgan fingerprint density at radius 3 is 2.45 bits per heavy atom. The highest BCUT2D eigenvalue weighted by Crippen LogP contribution is 2.37. The maximum atomic E-state index is 11.8. The molecule has 0 spiro atoms. The second-order valence-electron chi connectivity index (χ2n) is 7.04. The summed E-state index contributed by atoms with van der Waals surface area (Å²) in [5, 5.41) is 3.16. The quantitative estimate of drug-likeness (QED) is 0.820. The van der Waals surface area contributed by atoms with Crippen molar-refractivity contribution in [2.75, 3.05) is 5.32 Å². The summed E-state index contributed by atoms with van der Waals surface area (Å²) in [4.78, 5) is 11.8. The average molecular weight is 325 g/mol. The number of carbonyl (C=O) groups excluding carboxylic acids is 1.